The first-order valence-electron chi connectivity index (χ1n) is 8.21. The second kappa shape index (κ2) is 8.67. The van der Waals surface area contributed by atoms with Crippen molar-refractivity contribution in [3.05, 3.63) is 68.2 Å². The summed E-state index contributed by atoms with van der Waals surface area (Å²) in [4.78, 5) is 22.6. The highest BCUT2D eigenvalue weighted by Crippen LogP contribution is 2.32. The molecule has 26 heavy (non-hydrogen) atoms. The summed E-state index contributed by atoms with van der Waals surface area (Å²) in [5, 5.41) is 14.3. The van der Waals surface area contributed by atoms with Crippen molar-refractivity contribution < 1.29 is 14.5 Å². The molecule has 2 aromatic rings. The lowest BCUT2D eigenvalue weighted by molar-refractivity contribution is -0.385. The van der Waals surface area contributed by atoms with Crippen LogP contribution in [0.4, 0.5) is 5.69 Å². The summed E-state index contributed by atoms with van der Waals surface area (Å²) in [5.41, 5.74) is 2.21. The third kappa shape index (κ3) is 4.95. The molecular weight excluding hydrogens is 356 g/mol. The van der Waals surface area contributed by atoms with Crippen molar-refractivity contribution in [3.63, 3.8) is 0 Å². The molecule has 0 aliphatic carbocycles. The number of ether oxygens (including phenoxy) is 1. The predicted octanol–water partition coefficient (Wildman–Crippen LogP) is 4.38. The van der Waals surface area contributed by atoms with Crippen molar-refractivity contribution in [1.29, 1.82) is 0 Å². The normalized spacial score (nSPS) is 10.7. The van der Waals surface area contributed by atoms with E-state index in [0.717, 1.165) is 11.1 Å². The van der Waals surface area contributed by atoms with E-state index in [1.165, 1.54) is 6.07 Å². The van der Waals surface area contributed by atoms with Gasteiger partial charge in [-0.15, -0.1) is 0 Å². The molecule has 2 aromatic carbocycles. The Bertz CT molecular complexity index is 821. The molecule has 0 fully saturated rings. The van der Waals surface area contributed by atoms with Gasteiger partial charge in [-0.05, 0) is 36.1 Å². The van der Waals surface area contributed by atoms with E-state index in [9.17, 15) is 14.9 Å². The average molecular weight is 377 g/mol. The fourth-order valence-corrected chi connectivity index (χ4v) is 2.65. The van der Waals surface area contributed by atoms with Crippen LogP contribution in [-0.2, 0) is 11.3 Å². The highest BCUT2D eigenvalue weighted by atomic mass is 35.5. The fourth-order valence-electron chi connectivity index (χ4n) is 2.47. The number of rotatable bonds is 7. The van der Waals surface area contributed by atoms with Gasteiger partial charge in [0.2, 0.25) is 0 Å². The summed E-state index contributed by atoms with van der Waals surface area (Å²) in [7, 11) is 0. The van der Waals surface area contributed by atoms with Gasteiger partial charge in [0.1, 0.15) is 5.75 Å². The van der Waals surface area contributed by atoms with Crippen molar-refractivity contribution in [3.8, 4) is 5.75 Å². The van der Waals surface area contributed by atoms with Gasteiger partial charge in [-0.25, -0.2) is 0 Å². The Balaban J connectivity index is 2.00. The molecule has 1 amide bonds. The maximum atomic E-state index is 12.1. The number of carbonyl (C=O) groups is 1. The summed E-state index contributed by atoms with van der Waals surface area (Å²) in [6.07, 6.45) is 0. The van der Waals surface area contributed by atoms with Crippen LogP contribution in [0.1, 0.15) is 36.5 Å². The zero-order chi connectivity index (χ0) is 19.3. The van der Waals surface area contributed by atoms with Crippen LogP contribution in [0.15, 0.2) is 36.4 Å². The molecule has 138 valence electrons. The van der Waals surface area contributed by atoms with Gasteiger partial charge in [-0.3, -0.25) is 14.9 Å². The van der Waals surface area contributed by atoms with Crippen molar-refractivity contribution >= 4 is 23.2 Å². The molecule has 0 aliphatic rings. The lowest BCUT2D eigenvalue weighted by Crippen LogP contribution is -2.28. The van der Waals surface area contributed by atoms with E-state index in [1.807, 2.05) is 32.9 Å². The van der Waals surface area contributed by atoms with Gasteiger partial charge in [0.05, 0.1) is 4.92 Å². The van der Waals surface area contributed by atoms with E-state index in [-0.39, 0.29) is 30.7 Å². The number of aryl methyl sites for hydroxylation is 1. The minimum atomic E-state index is -0.469. The standard InChI is InChI=1S/C19H21ClN2O4/c1-12(2)15-9-16(20)13(3)8-18(15)26-11-19(23)21-10-14-6-4-5-7-17(14)22(24)25/h4-9,12H,10-11H2,1-3H3,(H,21,23). The largest absolute Gasteiger partial charge is 0.483 e. The second-order valence-electron chi connectivity index (χ2n) is 6.25. The summed E-state index contributed by atoms with van der Waals surface area (Å²) in [6, 6.07) is 9.95. The summed E-state index contributed by atoms with van der Waals surface area (Å²) >= 11 is 6.16. The third-order valence-corrected chi connectivity index (χ3v) is 4.34. The number of carbonyl (C=O) groups excluding carboxylic acids is 1. The Hall–Kier alpha value is -2.60. The smallest absolute Gasteiger partial charge is 0.274 e. The van der Waals surface area contributed by atoms with E-state index in [1.54, 1.807) is 18.2 Å². The number of nitrogens with zero attached hydrogens (tertiary/aromatic N) is 1. The SMILES string of the molecule is Cc1cc(OCC(=O)NCc2ccccc2[N+](=O)[O-])c(C(C)C)cc1Cl. The van der Waals surface area contributed by atoms with Gasteiger partial charge in [-0.1, -0.05) is 43.6 Å². The molecule has 2 rings (SSSR count). The van der Waals surface area contributed by atoms with E-state index in [2.05, 4.69) is 5.32 Å². The molecule has 1 N–H and O–H groups in total. The molecule has 0 saturated carbocycles. The molecule has 0 aromatic heterocycles. The first kappa shape index (κ1) is 19.7. The molecule has 0 bridgehead atoms. The number of hydrogen-bond donors (Lipinski definition) is 1. The van der Waals surface area contributed by atoms with E-state index >= 15 is 0 Å². The quantitative estimate of drug-likeness (QED) is 0.574. The Morgan fingerprint density at radius 1 is 1.31 bits per heavy atom. The number of para-hydroxylation sites is 1. The topological polar surface area (TPSA) is 81.5 Å². The van der Waals surface area contributed by atoms with Gasteiger partial charge in [0.25, 0.3) is 11.6 Å². The van der Waals surface area contributed by atoms with Crippen LogP contribution in [0.2, 0.25) is 5.02 Å². The molecule has 0 aliphatic heterocycles. The lowest BCUT2D eigenvalue weighted by atomic mass is 10.0. The van der Waals surface area contributed by atoms with E-state index < -0.39 is 4.92 Å². The van der Waals surface area contributed by atoms with Crippen LogP contribution >= 0.6 is 11.6 Å². The molecule has 0 radical (unpaired) electrons. The zero-order valence-electron chi connectivity index (χ0n) is 14.9. The fraction of sp³-hybridized carbons (Fsp3) is 0.316. The number of amides is 1. The Morgan fingerprint density at radius 2 is 2.00 bits per heavy atom. The van der Waals surface area contributed by atoms with E-state index in [0.29, 0.717) is 16.3 Å². The minimum absolute atomic E-state index is 0.0239. The average Bonchev–Trinajstić information content (AvgIpc) is 2.60. The first-order chi connectivity index (χ1) is 12.3. The van der Waals surface area contributed by atoms with Crippen LogP contribution in [-0.4, -0.2) is 17.4 Å². The van der Waals surface area contributed by atoms with Crippen molar-refractivity contribution in [2.24, 2.45) is 0 Å². The van der Waals surface area contributed by atoms with Crippen LogP contribution in [0, 0.1) is 17.0 Å². The maximum absolute atomic E-state index is 12.1. The van der Waals surface area contributed by atoms with Gasteiger partial charge in [0.15, 0.2) is 6.61 Å². The Labute approximate surface area is 157 Å². The summed E-state index contributed by atoms with van der Waals surface area (Å²) in [6.45, 7) is 5.79. The Morgan fingerprint density at radius 3 is 2.65 bits per heavy atom. The van der Waals surface area contributed by atoms with Crippen LogP contribution < -0.4 is 10.1 Å². The highest BCUT2D eigenvalue weighted by Gasteiger charge is 2.15. The van der Waals surface area contributed by atoms with Crippen molar-refractivity contribution in [2.45, 2.75) is 33.2 Å². The number of nitro groups is 1. The van der Waals surface area contributed by atoms with Gasteiger partial charge in [-0.2, -0.15) is 0 Å². The van der Waals surface area contributed by atoms with Crippen molar-refractivity contribution in [2.75, 3.05) is 6.61 Å². The lowest BCUT2D eigenvalue weighted by Gasteiger charge is -2.16. The zero-order valence-corrected chi connectivity index (χ0v) is 15.7. The molecular formula is C19H21ClN2O4. The number of nitrogens with one attached hydrogen (secondary N) is 1. The van der Waals surface area contributed by atoms with Crippen LogP contribution in [0.5, 0.6) is 5.75 Å². The van der Waals surface area contributed by atoms with Crippen LogP contribution in [0.3, 0.4) is 0 Å². The number of halogens is 1. The van der Waals surface area contributed by atoms with Gasteiger partial charge >= 0.3 is 0 Å². The second-order valence-corrected chi connectivity index (χ2v) is 6.65. The molecule has 6 nitrogen and oxygen atoms in total. The minimum Gasteiger partial charge on any atom is -0.483 e. The molecule has 0 spiro atoms. The number of nitro benzene ring substituents is 1. The highest BCUT2D eigenvalue weighted by molar-refractivity contribution is 6.31. The third-order valence-electron chi connectivity index (χ3n) is 3.94. The molecule has 0 heterocycles. The summed E-state index contributed by atoms with van der Waals surface area (Å²) < 4.78 is 5.66. The maximum Gasteiger partial charge on any atom is 0.274 e. The van der Waals surface area contributed by atoms with E-state index in [4.69, 9.17) is 16.3 Å². The van der Waals surface area contributed by atoms with Gasteiger partial charge in [0, 0.05) is 23.2 Å². The Kier molecular flexibility index (Phi) is 6.58. The number of benzene rings is 2. The van der Waals surface area contributed by atoms with Gasteiger partial charge < -0.3 is 10.1 Å². The predicted molar refractivity (Wildman–Crippen MR) is 101 cm³/mol. The number of hydrogen-bond acceptors (Lipinski definition) is 4. The molecule has 0 saturated heterocycles. The van der Waals surface area contributed by atoms with Crippen molar-refractivity contribution in [1.82, 2.24) is 5.32 Å². The molecule has 0 unspecified atom stereocenters. The molecule has 7 heteroatoms. The summed E-state index contributed by atoms with van der Waals surface area (Å²) in [5.74, 6) is 0.450. The molecule has 0 atom stereocenters. The first-order valence-corrected chi connectivity index (χ1v) is 8.59. The monoisotopic (exact) mass is 376 g/mol. The van der Waals surface area contributed by atoms with Crippen LogP contribution in [0.25, 0.3) is 0 Å².